The molecular formula is C25H29F4NO3. The molecule has 8 heteroatoms. The average Bonchev–Trinajstić information content (AvgIpc) is 2.75. The van der Waals surface area contributed by atoms with Crippen LogP contribution in [0.25, 0.3) is 5.57 Å². The third-order valence-electron chi connectivity index (χ3n) is 7.40. The summed E-state index contributed by atoms with van der Waals surface area (Å²) in [7, 11) is 0. The van der Waals surface area contributed by atoms with Gasteiger partial charge in [0.25, 0.3) is 0 Å². The average molecular weight is 468 g/mol. The Kier molecular flexibility index (Phi) is 6.69. The molecule has 1 aromatic rings. The minimum atomic E-state index is -4.18. The summed E-state index contributed by atoms with van der Waals surface area (Å²) in [5, 5.41) is 9.79. The zero-order valence-electron chi connectivity index (χ0n) is 18.4. The first kappa shape index (κ1) is 24.0. The van der Waals surface area contributed by atoms with Crippen molar-refractivity contribution in [3.8, 4) is 0 Å². The molecule has 4 nitrogen and oxygen atoms in total. The highest BCUT2D eigenvalue weighted by Gasteiger charge is 2.58. The van der Waals surface area contributed by atoms with E-state index in [0.717, 1.165) is 0 Å². The maximum Gasteiger partial charge on any atom is 0.395 e. The Bertz CT molecular complexity index is 915. The second kappa shape index (κ2) is 9.22. The van der Waals surface area contributed by atoms with E-state index >= 15 is 0 Å². The number of aliphatic carboxylic acids is 1. The number of carboxylic acids is 1. The number of ether oxygens (including phenoxy) is 1. The maximum atomic E-state index is 14.9. The predicted octanol–water partition coefficient (Wildman–Crippen LogP) is 5.61. The second-order valence-electron chi connectivity index (χ2n) is 9.55. The minimum absolute atomic E-state index is 0.0247. The van der Waals surface area contributed by atoms with Crippen LogP contribution in [0.2, 0.25) is 0 Å². The third kappa shape index (κ3) is 4.87. The van der Waals surface area contributed by atoms with Crippen LogP contribution in [0.1, 0.15) is 44.1 Å². The summed E-state index contributed by atoms with van der Waals surface area (Å²) in [6, 6.07) is 8.90. The van der Waals surface area contributed by atoms with Crippen LogP contribution in [0, 0.1) is 11.3 Å². The number of carbonyl (C=O) groups is 1. The van der Waals surface area contributed by atoms with Crippen LogP contribution in [-0.4, -0.2) is 54.0 Å². The Labute approximate surface area is 190 Å². The maximum absolute atomic E-state index is 14.9. The Morgan fingerprint density at radius 1 is 1.15 bits per heavy atom. The zero-order chi connectivity index (χ0) is 23.7. The highest BCUT2D eigenvalue weighted by Crippen LogP contribution is 2.53. The van der Waals surface area contributed by atoms with Gasteiger partial charge in [-0.3, -0.25) is 0 Å². The van der Waals surface area contributed by atoms with Gasteiger partial charge in [0.15, 0.2) is 5.60 Å². The molecule has 1 unspecified atom stereocenters. The lowest BCUT2D eigenvalue weighted by atomic mass is 9.67. The fraction of sp³-hybridized carbons (Fsp3) is 0.560. The van der Waals surface area contributed by atoms with Gasteiger partial charge in [-0.15, -0.1) is 0 Å². The van der Waals surface area contributed by atoms with Gasteiger partial charge in [-0.1, -0.05) is 42.8 Å². The van der Waals surface area contributed by atoms with E-state index in [2.05, 4.69) is 0 Å². The number of alkyl halides is 3. The van der Waals surface area contributed by atoms with Crippen molar-refractivity contribution >= 4 is 11.5 Å². The summed E-state index contributed by atoms with van der Waals surface area (Å²) in [4.78, 5) is 13.9. The van der Waals surface area contributed by atoms with Crippen molar-refractivity contribution in [1.82, 2.24) is 4.90 Å². The van der Waals surface area contributed by atoms with E-state index in [1.54, 1.807) is 24.3 Å². The van der Waals surface area contributed by atoms with E-state index in [9.17, 15) is 27.5 Å². The first-order valence-electron chi connectivity index (χ1n) is 11.4. The first-order valence-corrected chi connectivity index (χ1v) is 11.4. The summed E-state index contributed by atoms with van der Waals surface area (Å²) in [5.41, 5.74) is -2.33. The van der Waals surface area contributed by atoms with Gasteiger partial charge < -0.3 is 14.7 Å². The minimum Gasteiger partial charge on any atom is -0.479 e. The fourth-order valence-corrected chi connectivity index (χ4v) is 5.01. The van der Waals surface area contributed by atoms with Gasteiger partial charge in [0, 0.05) is 18.5 Å². The van der Waals surface area contributed by atoms with Crippen LogP contribution in [-0.2, 0) is 9.53 Å². The van der Waals surface area contributed by atoms with E-state index in [4.69, 9.17) is 4.74 Å². The third-order valence-corrected chi connectivity index (χ3v) is 7.40. The van der Waals surface area contributed by atoms with Gasteiger partial charge in [0.1, 0.15) is 5.83 Å². The standard InChI is InChI=1S/C25H29F4NO3/c26-21-15-24(22(31)32,12-7-20(21)19-5-2-1-3-6-19)33-16-18-8-13-30(14-9-18)17-23(10-4-11-23)25(27,28)29/h1-3,5-7,12,18H,4,8-11,13-17H2,(H,31,32). The number of carboxylic acid groups (broad SMARTS) is 1. The summed E-state index contributed by atoms with van der Waals surface area (Å²) in [5.74, 6) is -1.77. The van der Waals surface area contributed by atoms with E-state index in [1.165, 1.54) is 12.2 Å². The molecule has 1 aromatic carbocycles. The van der Waals surface area contributed by atoms with Crippen molar-refractivity contribution in [2.24, 2.45) is 11.3 Å². The predicted molar refractivity (Wildman–Crippen MR) is 116 cm³/mol. The van der Waals surface area contributed by atoms with Crippen LogP contribution in [0.4, 0.5) is 17.6 Å². The van der Waals surface area contributed by atoms with Crippen LogP contribution < -0.4 is 0 Å². The summed E-state index contributed by atoms with van der Waals surface area (Å²) >= 11 is 0. The molecule has 1 saturated heterocycles. The highest BCUT2D eigenvalue weighted by atomic mass is 19.4. The summed E-state index contributed by atoms with van der Waals surface area (Å²) in [6.07, 6.45) is 0.542. The van der Waals surface area contributed by atoms with Gasteiger partial charge in [0.05, 0.1) is 12.0 Å². The van der Waals surface area contributed by atoms with Crippen LogP contribution in [0.15, 0.2) is 48.3 Å². The fourth-order valence-electron chi connectivity index (χ4n) is 5.01. The number of halogens is 4. The lowest BCUT2D eigenvalue weighted by molar-refractivity contribution is -0.256. The zero-order valence-corrected chi connectivity index (χ0v) is 18.4. The van der Waals surface area contributed by atoms with Crippen LogP contribution in [0.3, 0.4) is 0 Å². The van der Waals surface area contributed by atoms with E-state index in [0.29, 0.717) is 43.5 Å². The monoisotopic (exact) mass is 467 g/mol. The highest BCUT2D eigenvalue weighted by molar-refractivity contribution is 5.86. The van der Waals surface area contributed by atoms with Gasteiger partial charge in [-0.25, -0.2) is 9.18 Å². The quantitative estimate of drug-likeness (QED) is 0.530. The molecule has 1 saturated carbocycles. The van der Waals surface area contributed by atoms with E-state index < -0.39 is 35.4 Å². The second-order valence-corrected chi connectivity index (χ2v) is 9.55. The summed E-state index contributed by atoms with van der Waals surface area (Å²) < 4.78 is 61.0. The molecule has 1 atom stereocenters. The van der Waals surface area contributed by atoms with E-state index in [-0.39, 0.29) is 31.9 Å². The molecule has 2 fully saturated rings. The number of hydrogen-bond donors (Lipinski definition) is 1. The number of rotatable bonds is 7. The Balaban J connectivity index is 1.33. The molecular weight excluding hydrogens is 438 g/mol. The molecule has 0 radical (unpaired) electrons. The van der Waals surface area contributed by atoms with Crippen molar-refractivity contribution in [2.45, 2.75) is 50.3 Å². The lowest BCUT2D eigenvalue weighted by Gasteiger charge is -2.47. The van der Waals surface area contributed by atoms with Crippen molar-refractivity contribution in [1.29, 1.82) is 0 Å². The molecule has 180 valence electrons. The molecule has 0 bridgehead atoms. The Hall–Kier alpha value is -2.19. The van der Waals surface area contributed by atoms with Crippen molar-refractivity contribution in [3.63, 3.8) is 0 Å². The van der Waals surface area contributed by atoms with Crippen molar-refractivity contribution < 1.29 is 32.2 Å². The lowest BCUT2D eigenvalue weighted by Crippen LogP contribution is -2.53. The van der Waals surface area contributed by atoms with Crippen LogP contribution >= 0.6 is 0 Å². The number of nitrogens with zero attached hydrogens (tertiary/aromatic N) is 1. The SMILES string of the molecule is O=C(O)C1(OCC2CCN(CC3(C(F)(F)F)CCC3)CC2)C=CC(c2ccccc2)=C(F)C1. The number of likely N-dealkylation sites (tertiary alicyclic amines) is 1. The first-order chi connectivity index (χ1) is 15.6. The normalized spacial score (nSPS) is 26.3. The number of benzene rings is 1. The summed E-state index contributed by atoms with van der Waals surface area (Å²) in [6.45, 7) is 1.20. The molecule has 1 aliphatic heterocycles. The van der Waals surface area contributed by atoms with Gasteiger partial charge in [-0.05, 0) is 56.3 Å². The topological polar surface area (TPSA) is 49.8 Å². The smallest absolute Gasteiger partial charge is 0.395 e. The molecule has 3 aliphatic rings. The molecule has 0 aromatic heterocycles. The Morgan fingerprint density at radius 2 is 1.82 bits per heavy atom. The molecule has 0 amide bonds. The number of hydrogen-bond acceptors (Lipinski definition) is 3. The molecule has 4 rings (SSSR count). The molecule has 2 aliphatic carbocycles. The molecule has 33 heavy (non-hydrogen) atoms. The van der Waals surface area contributed by atoms with Crippen molar-refractivity contribution in [2.75, 3.05) is 26.2 Å². The number of piperidine rings is 1. The van der Waals surface area contributed by atoms with Gasteiger partial charge >= 0.3 is 12.1 Å². The van der Waals surface area contributed by atoms with E-state index in [1.807, 2.05) is 11.0 Å². The van der Waals surface area contributed by atoms with Gasteiger partial charge in [-0.2, -0.15) is 13.2 Å². The number of allylic oxidation sites excluding steroid dienone is 2. The molecule has 0 spiro atoms. The van der Waals surface area contributed by atoms with Crippen LogP contribution in [0.5, 0.6) is 0 Å². The molecule has 1 N–H and O–H groups in total. The van der Waals surface area contributed by atoms with Gasteiger partial charge in [0.2, 0.25) is 0 Å². The molecule has 1 heterocycles. The Morgan fingerprint density at radius 3 is 2.33 bits per heavy atom. The largest absolute Gasteiger partial charge is 0.479 e. The van der Waals surface area contributed by atoms with Crippen molar-refractivity contribution in [3.05, 3.63) is 53.9 Å².